The van der Waals surface area contributed by atoms with Crippen LogP contribution in [0.1, 0.15) is 0 Å². The first-order valence-corrected chi connectivity index (χ1v) is 11.1. The summed E-state index contributed by atoms with van der Waals surface area (Å²) in [5.74, 6) is 1.06. The molecule has 0 fully saturated rings. The maximum atomic E-state index is 12.0. The molecule has 4 aromatic rings. The van der Waals surface area contributed by atoms with E-state index in [9.17, 15) is 8.42 Å². The Bertz CT molecular complexity index is 1250. The molecule has 8 heteroatoms. The number of nitrogens with one attached hydrogen (secondary N) is 1. The highest BCUT2D eigenvalue weighted by Crippen LogP contribution is 2.36. The van der Waals surface area contributed by atoms with Gasteiger partial charge in [-0.15, -0.1) is 11.3 Å². The van der Waals surface area contributed by atoms with Gasteiger partial charge in [-0.3, -0.25) is 0 Å². The van der Waals surface area contributed by atoms with Gasteiger partial charge in [-0.1, -0.05) is 30.3 Å². The molecule has 0 bridgehead atoms. The van der Waals surface area contributed by atoms with Gasteiger partial charge in [0.1, 0.15) is 22.7 Å². The molecule has 0 aliphatic carbocycles. The number of benzene rings is 2. The van der Waals surface area contributed by atoms with Crippen molar-refractivity contribution in [3.05, 3.63) is 60.9 Å². The van der Waals surface area contributed by atoms with Crippen LogP contribution in [0, 0.1) is 0 Å². The number of rotatable bonds is 5. The van der Waals surface area contributed by atoms with Gasteiger partial charge < -0.3 is 10.1 Å². The molecule has 4 rings (SSSR count). The number of hydrogen-bond acceptors (Lipinski definition) is 7. The molecule has 2 heterocycles. The van der Waals surface area contributed by atoms with Gasteiger partial charge in [0.15, 0.2) is 9.84 Å². The predicted molar refractivity (Wildman–Crippen MR) is 112 cm³/mol. The van der Waals surface area contributed by atoms with Gasteiger partial charge in [0.2, 0.25) is 0 Å². The number of hydrogen-bond donors (Lipinski definition) is 1. The second kappa shape index (κ2) is 7.21. The Kier molecular flexibility index (Phi) is 4.74. The fourth-order valence-corrected chi connectivity index (χ4v) is 4.49. The molecule has 0 aliphatic rings. The lowest BCUT2D eigenvalue weighted by Gasteiger charge is -2.10. The lowest BCUT2D eigenvalue weighted by molar-refractivity contribution is 0.413. The second-order valence-corrected chi connectivity index (χ2v) is 9.26. The fraction of sp³-hybridized carbons (Fsp3) is 0.100. The van der Waals surface area contributed by atoms with E-state index in [1.54, 1.807) is 23.5 Å². The molecular weight excluding hydrogens is 394 g/mol. The van der Waals surface area contributed by atoms with Gasteiger partial charge in [0, 0.05) is 22.9 Å². The molecule has 2 aromatic heterocycles. The summed E-state index contributed by atoms with van der Waals surface area (Å²) in [5.41, 5.74) is 1.68. The van der Waals surface area contributed by atoms with E-state index in [1.807, 2.05) is 36.4 Å². The van der Waals surface area contributed by atoms with Crippen molar-refractivity contribution in [2.24, 2.45) is 0 Å². The van der Waals surface area contributed by atoms with Gasteiger partial charge >= 0.3 is 0 Å². The smallest absolute Gasteiger partial charge is 0.175 e. The first-order chi connectivity index (χ1) is 13.4. The third-order valence-electron chi connectivity index (χ3n) is 4.19. The summed E-state index contributed by atoms with van der Waals surface area (Å²) in [6.07, 6.45) is 2.66. The van der Waals surface area contributed by atoms with E-state index in [4.69, 9.17) is 4.74 Å². The van der Waals surface area contributed by atoms with Crippen molar-refractivity contribution in [1.29, 1.82) is 0 Å². The van der Waals surface area contributed by atoms with E-state index < -0.39 is 9.84 Å². The Morgan fingerprint density at radius 1 is 1.04 bits per heavy atom. The molecule has 142 valence electrons. The summed E-state index contributed by atoms with van der Waals surface area (Å²) >= 11 is 1.58. The van der Waals surface area contributed by atoms with Gasteiger partial charge in [-0.2, -0.15) is 0 Å². The number of anilines is 2. The number of sulfone groups is 1. The summed E-state index contributed by atoms with van der Waals surface area (Å²) in [5, 5.41) is 4.08. The molecule has 2 aromatic carbocycles. The Balaban J connectivity index is 1.77. The zero-order valence-electron chi connectivity index (χ0n) is 15.2. The summed E-state index contributed by atoms with van der Waals surface area (Å²) in [4.78, 5) is 10.8. The van der Waals surface area contributed by atoms with Gasteiger partial charge in [0.25, 0.3) is 0 Å². The van der Waals surface area contributed by atoms with Gasteiger partial charge in [-0.05, 0) is 23.8 Å². The molecule has 0 atom stereocenters. The number of thiophene rings is 1. The van der Waals surface area contributed by atoms with Crippen LogP contribution >= 0.6 is 11.3 Å². The van der Waals surface area contributed by atoms with E-state index in [0.717, 1.165) is 20.7 Å². The number of fused-ring (bicyclic) bond motifs is 1. The first-order valence-electron chi connectivity index (χ1n) is 8.40. The summed E-state index contributed by atoms with van der Waals surface area (Å²) < 4.78 is 29.2. The number of ether oxygens (including phenoxy) is 1. The van der Waals surface area contributed by atoms with Crippen LogP contribution in [0.4, 0.5) is 11.5 Å². The Labute approximate surface area is 166 Å². The number of aromatic nitrogens is 2. The molecule has 0 aliphatic heterocycles. The summed E-state index contributed by atoms with van der Waals surface area (Å²) in [6.45, 7) is 0. The van der Waals surface area contributed by atoms with Gasteiger partial charge in [0.05, 0.1) is 17.4 Å². The van der Waals surface area contributed by atoms with Crippen LogP contribution in [0.3, 0.4) is 0 Å². The topological polar surface area (TPSA) is 81.2 Å². The molecule has 0 saturated carbocycles. The SMILES string of the molecule is COc1cc(Nc2ncnc3sc(-c4ccccc4)cc23)cc(S(C)(=O)=O)c1. The summed E-state index contributed by atoms with van der Waals surface area (Å²) in [6, 6.07) is 16.9. The Morgan fingerprint density at radius 2 is 1.82 bits per heavy atom. The standard InChI is InChI=1S/C20H17N3O3S2/c1-26-15-8-14(9-16(10-15)28(2,24)25)23-19-17-11-18(13-6-4-3-5-7-13)27-20(17)22-12-21-19/h3-12H,1-2H3,(H,21,22,23). The number of methoxy groups -OCH3 is 1. The van der Waals surface area contributed by atoms with E-state index in [1.165, 1.54) is 25.8 Å². The van der Waals surface area contributed by atoms with Crippen LogP contribution in [-0.2, 0) is 9.84 Å². The molecule has 0 saturated heterocycles. The lowest BCUT2D eigenvalue weighted by atomic mass is 10.2. The van der Waals surface area contributed by atoms with Crippen molar-refractivity contribution in [1.82, 2.24) is 9.97 Å². The minimum Gasteiger partial charge on any atom is -0.497 e. The predicted octanol–water partition coefficient (Wildman–Crippen LogP) is 4.51. The average Bonchev–Trinajstić information content (AvgIpc) is 3.13. The van der Waals surface area contributed by atoms with Crippen molar-refractivity contribution in [2.45, 2.75) is 4.90 Å². The zero-order chi connectivity index (χ0) is 19.7. The van der Waals surface area contributed by atoms with Crippen LogP contribution in [0.2, 0.25) is 0 Å². The molecule has 0 spiro atoms. The fourth-order valence-electron chi connectivity index (χ4n) is 2.81. The quantitative estimate of drug-likeness (QED) is 0.520. The third kappa shape index (κ3) is 3.69. The highest BCUT2D eigenvalue weighted by Gasteiger charge is 2.14. The van der Waals surface area contributed by atoms with E-state index in [2.05, 4.69) is 15.3 Å². The highest BCUT2D eigenvalue weighted by molar-refractivity contribution is 7.90. The Morgan fingerprint density at radius 3 is 2.54 bits per heavy atom. The molecule has 0 radical (unpaired) electrons. The van der Waals surface area contributed by atoms with Crippen LogP contribution in [0.25, 0.3) is 20.7 Å². The largest absolute Gasteiger partial charge is 0.497 e. The van der Waals surface area contributed by atoms with Crippen LogP contribution < -0.4 is 10.1 Å². The third-order valence-corrected chi connectivity index (χ3v) is 6.38. The lowest BCUT2D eigenvalue weighted by Crippen LogP contribution is -2.01. The second-order valence-electron chi connectivity index (χ2n) is 6.21. The molecule has 6 nitrogen and oxygen atoms in total. The van der Waals surface area contributed by atoms with Crippen LogP contribution in [0.5, 0.6) is 5.75 Å². The van der Waals surface area contributed by atoms with Crippen molar-refractivity contribution in [3.8, 4) is 16.2 Å². The minimum atomic E-state index is -3.38. The Hall–Kier alpha value is -2.97. The molecule has 0 unspecified atom stereocenters. The molecular formula is C20H17N3O3S2. The van der Waals surface area contributed by atoms with Gasteiger partial charge in [-0.25, -0.2) is 18.4 Å². The monoisotopic (exact) mass is 411 g/mol. The van der Waals surface area contributed by atoms with Crippen molar-refractivity contribution in [2.75, 3.05) is 18.7 Å². The zero-order valence-corrected chi connectivity index (χ0v) is 16.8. The van der Waals surface area contributed by atoms with E-state index in [0.29, 0.717) is 17.3 Å². The van der Waals surface area contributed by atoms with Crippen LogP contribution in [0.15, 0.2) is 65.8 Å². The normalized spacial score (nSPS) is 11.5. The average molecular weight is 412 g/mol. The van der Waals surface area contributed by atoms with Crippen LogP contribution in [-0.4, -0.2) is 31.8 Å². The highest BCUT2D eigenvalue weighted by atomic mass is 32.2. The van der Waals surface area contributed by atoms with Crippen molar-refractivity contribution >= 4 is 42.9 Å². The maximum Gasteiger partial charge on any atom is 0.175 e. The molecule has 0 amide bonds. The molecule has 1 N–H and O–H groups in total. The molecule has 28 heavy (non-hydrogen) atoms. The van der Waals surface area contributed by atoms with Crippen molar-refractivity contribution in [3.63, 3.8) is 0 Å². The van der Waals surface area contributed by atoms with E-state index in [-0.39, 0.29) is 4.90 Å². The first kappa shape index (κ1) is 18.4. The maximum absolute atomic E-state index is 12.0. The minimum absolute atomic E-state index is 0.176. The van der Waals surface area contributed by atoms with Crippen molar-refractivity contribution < 1.29 is 13.2 Å². The number of nitrogens with zero attached hydrogens (tertiary/aromatic N) is 2. The summed E-state index contributed by atoms with van der Waals surface area (Å²) in [7, 11) is -1.88. The van der Waals surface area contributed by atoms with E-state index >= 15 is 0 Å².